The first-order valence-corrected chi connectivity index (χ1v) is 6.85. The molecule has 0 saturated carbocycles. The number of amides is 2. The van der Waals surface area contributed by atoms with Gasteiger partial charge in [0.25, 0.3) is 5.91 Å². The van der Waals surface area contributed by atoms with Crippen LogP contribution in [0.1, 0.15) is 9.67 Å². The summed E-state index contributed by atoms with van der Waals surface area (Å²) in [7, 11) is 0. The maximum absolute atomic E-state index is 11.9. The third kappa shape index (κ3) is 3.02. The molecule has 9 heteroatoms. The van der Waals surface area contributed by atoms with Crippen molar-refractivity contribution in [1.82, 2.24) is 10.2 Å². The summed E-state index contributed by atoms with van der Waals surface area (Å²) in [4.78, 5) is 35.3. The molecular formula is C11H11ClN2O5S. The van der Waals surface area contributed by atoms with E-state index in [2.05, 4.69) is 5.32 Å². The number of carboxylic acid groups (broad SMARTS) is 2. The molecule has 0 aromatic carbocycles. The van der Waals surface area contributed by atoms with E-state index >= 15 is 0 Å². The van der Waals surface area contributed by atoms with Gasteiger partial charge in [-0.1, -0.05) is 11.6 Å². The molecule has 2 atom stereocenters. The van der Waals surface area contributed by atoms with Crippen molar-refractivity contribution in [2.75, 3.05) is 13.1 Å². The topological polar surface area (TPSA) is 107 Å². The Balaban J connectivity index is 2.08. The lowest BCUT2D eigenvalue weighted by Gasteiger charge is -2.15. The van der Waals surface area contributed by atoms with Crippen molar-refractivity contribution < 1.29 is 24.6 Å². The molecule has 0 bridgehead atoms. The van der Waals surface area contributed by atoms with Gasteiger partial charge in [-0.15, -0.1) is 11.3 Å². The predicted octanol–water partition coefficient (Wildman–Crippen LogP) is 1.19. The Morgan fingerprint density at radius 2 is 2.00 bits per heavy atom. The Labute approximate surface area is 122 Å². The highest BCUT2D eigenvalue weighted by molar-refractivity contribution is 7.18. The summed E-state index contributed by atoms with van der Waals surface area (Å²) in [6, 6.07) is 2.34. The molecule has 20 heavy (non-hydrogen) atoms. The first-order chi connectivity index (χ1) is 9.38. The number of carboxylic acids is 1. The van der Waals surface area contributed by atoms with E-state index in [0.717, 1.165) is 16.2 Å². The summed E-state index contributed by atoms with van der Waals surface area (Å²) in [6.45, 7) is -0.183. The molecule has 0 spiro atoms. The largest absolute Gasteiger partial charge is 0.481 e. The number of hydrogen-bond acceptors (Lipinski definition) is 4. The molecule has 7 nitrogen and oxygen atoms in total. The van der Waals surface area contributed by atoms with Crippen LogP contribution in [-0.4, -0.2) is 52.2 Å². The molecule has 1 aliphatic rings. The van der Waals surface area contributed by atoms with Gasteiger partial charge in [-0.2, -0.15) is 0 Å². The lowest BCUT2D eigenvalue weighted by atomic mass is 10.0. The van der Waals surface area contributed by atoms with E-state index < -0.39 is 29.9 Å². The highest BCUT2D eigenvalue weighted by atomic mass is 35.5. The van der Waals surface area contributed by atoms with Gasteiger partial charge in [-0.3, -0.25) is 9.59 Å². The number of nitrogens with one attached hydrogen (secondary N) is 1. The summed E-state index contributed by atoms with van der Waals surface area (Å²) < 4.78 is 0.448. The SMILES string of the molecule is O=C(N[C@@H]1CN(C(=O)O)C[C@H]1C(=O)O)c1ccc(Cl)s1. The van der Waals surface area contributed by atoms with Crippen LogP contribution in [0.5, 0.6) is 0 Å². The summed E-state index contributed by atoms with van der Waals surface area (Å²) >= 11 is 6.80. The Morgan fingerprint density at radius 1 is 1.30 bits per heavy atom. The number of carbonyl (C=O) groups excluding carboxylic acids is 1. The maximum atomic E-state index is 11.9. The molecule has 0 unspecified atom stereocenters. The van der Waals surface area contributed by atoms with Gasteiger partial charge < -0.3 is 20.4 Å². The maximum Gasteiger partial charge on any atom is 0.407 e. The fourth-order valence-corrected chi connectivity index (χ4v) is 2.98. The van der Waals surface area contributed by atoms with E-state index in [1.165, 1.54) is 6.07 Å². The van der Waals surface area contributed by atoms with Gasteiger partial charge in [0.1, 0.15) is 0 Å². The second-order valence-corrected chi connectivity index (χ2v) is 6.03. The van der Waals surface area contributed by atoms with E-state index in [4.69, 9.17) is 21.8 Å². The zero-order valence-corrected chi connectivity index (χ0v) is 11.6. The van der Waals surface area contributed by atoms with Crippen molar-refractivity contribution >= 4 is 40.9 Å². The van der Waals surface area contributed by atoms with Crippen LogP contribution in [0.25, 0.3) is 0 Å². The van der Waals surface area contributed by atoms with E-state index in [1.54, 1.807) is 6.07 Å². The van der Waals surface area contributed by atoms with Crippen molar-refractivity contribution in [3.8, 4) is 0 Å². The second-order valence-electron chi connectivity index (χ2n) is 4.32. The van der Waals surface area contributed by atoms with Crippen LogP contribution < -0.4 is 5.32 Å². The van der Waals surface area contributed by atoms with Crippen LogP contribution in [0.15, 0.2) is 12.1 Å². The van der Waals surface area contributed by atoms with E-state index in [1.807, 2.05) is 0 Å². The molecule has 1 aliphatic heterocycles. The Hall–Kier alpha value is -1.80. The Bertz CT molecular complexity index is 561. The van der Waals surface area contributed by atoms with Crippen LogP contribution >= 0.6 is 22.9 Å². The molecule has 0 aliphatic carbocycles. The van der Waals surface area contributed by atoms with Gasteiger partial charge in [-0.25, -0.2) is 4.79 Å². The summed E-state index contributed by atoms with van der Waals surface area (Å²) in [6.07, 6.45) is -1.20. The quantitative estimate of drug-likeness (QED) is 0.776. The van der Waals surface area contributed by atoms with Gasteiger partial charge in [0.05, 0.1) is 21.2 Å². The van der Waals surface area contributed by atoms with E-state index in [-0.39, 0.29) is 13.1 Å². The third-order valence-corrected chi connectivity index (χ3v) is 4.25. The first kappa shape index (κ1) is 14.6. The number of aliphatic carboxylic acids is 1. The molecule has 1 aromatic heterocycles. The van der Waals surface area contributed by atoms with E-state index in [0.29, 0.717) is 9.21 Å². The summed E-state index contributed by atoms with van der Waals surface area (Å²) in [5, 5.41) is 20.5. The van der Waals surface area contributed by atoms with Crippen molar-refractivity contribution in [2.24, 2.45) is 5.92 Å². The smallest absolute Gasteiger partial charge is 0.407 e. The normalized spacial score (nSPS) is 21.8. The highest BCUT2D eigenvalue weighted by Crippen LogP contribution is 2.23. The number of rotatable bonds is 3. The monoisotopic (exact) mass is 318 g/mol. The average molecular weight is 319 g/mol. The lowest BCUT2D eigenvalue weighted by Crippen LogP contribution is -2.42. The zero-order valence-electron chi connectivity index (χ0n) is 10.1. The lowest BCUT2D eigenvalue weighted by molar-refractivity contribution is -0.141. The van der Waals surface area contributed by atoms with Crippen molar-refractivity contribution in [3.63, 3.8) is 0 Å². The minimum Gasteiger partial charge on any atom is -0.481 e. The number of nitrogens with zero attached hydrogens (tertiary/aromatic N) is 1. The third-order valence-electron chi connectivity index (χ3n) is 3.02. The summed E-state index contributed by atoms with van der Waals surface area (Å²) in [5.41, 5.74) is 0. The Morgan fingerprint density at radius 3 is 2.50 bits per heavy atom. The molecule has 1 aromatic rings. The van der Waals surface area contributed by atoms with Crippen molar-refractivity contribution in [1.29, 1.82) is 0 Å². The van der Waals surface area contributed by atoms with Crippen LogP contribution in [-0.2, 0) is 4.79 Å². The first-order valence-electron chi connectivity index (χ1n) is 5.65. The minimum atomic E-state index is -1.20. The number of halogens is 1. The van der Waals surface area contributed by atoms with Crippen LogP contribution in [0.4, 0.5) is 4.79 Å². The summed E-state index contributed by atoms with van der Waals surface area (Å²) in [5.74, 6) is -2.54. The molecule has 0 radical (unpaired) electrons. The fraction of sp³-hybridized carbons (Fsp3) is 0.364. The fourth-order valence-electron chi connectivity index (χ4n) is 2.03. The molecule has 108 valence electrons. The van der Waals surface area contributed by atoms with Crippen molar-refractivity contribution in [3.05, 3.63) is 21.3 Å². The predicted molar refractivity (Wildman–Crippen MR) is 71.3 cm³/mol. The standard InChI is InChI=1S/C11H11ClN2O5S/c12-8-2-1-7(20-8)9(15)13-6-4-14(11(18)19)3-5(6)10(16)17/h1-2,5-6H,3-4H2,(H,13,15)(H,16,17)(H,18,19)/t5-,6-/m1/s1. The Kier molecular flexibility index (Phi) is 4.15. The molecule has 3 N–H and O–H groups in total. The van der Waals surface area contributed by atoms with Crippen LogP contribution in [0.3, 0.4) is 0 Å². The van der Waals surface area contributed by atoms with Crippen LogP contribution in [0, 0.1) is 5.92 Å². The van der Waals surface area contributed by atoms with Gasteiger partial charge in [-0.05, 0) is 12.1 Å². The van der Waals surface area contributed by atoms with Gasteiger partial charge in [0.2, 0.25) is 0 Å². The molecule has 2 amide bonds. The average Bonchev–Trinajstić information content (AvgIpc) is 2.95. The van der Waals surface area contributed by atoms with Crippen LogP contribution in [0.2, 0.25) is 4.34 Å². The number of likely N-dealkylation sites (tertiary alicyclic amines) is 1. The second kappa shape index (κ2) is 5.68. The van der Waals surface area contributed by atoms with Gasteiger partial charge in [0, 0.05) is 13.1 Å². The molecule has 2 heterocycles. The van der Waals surface area contributed by atoms with Gasteiger partial charge >= 0.3 is 12.1 Å². The van der Waals surface area contributed by atoms with Crippen molar-refractivity contribution in [2.45, 2.75) is 6.04 Å². The number of thiophene rings is 1. The molecular weight excluding hydrogens is 308 g/mol. The highest BCUT2D eigenvalue weighted by Gasteiger charge is 2.40. The molecule has 1 fully saturated rings. The number of hydrogen-bond donors (Lipinski definition) is 3. The molecule has 1 saturated heterocycles. The zero-order chi connectivity index (χ0) is 14.9. The molecule has 2 rings (SSSR count). The van der Waals surface area contributed by atoms with E-state index in [9.17, 15) is 14.4 Å². The minimum absolute atomic E-state index is 0.0445. The van der Waals surface area contributed by atoms with Gasteiger partial charge in [0.15, 0.2) is 0 Å². The number of carbonyl (C=O) groups is 3.